The van der Waals surface area contributed by atoms with E-state index in [0.717, 1.165) is 28.4 Å². The number of nitrogens with one attached hydrogen (secondary N) is 1. The van der Waals surface area contributed by atoms with E-state index in [1.807, 2.05) is 48.5 Å². The summed E-state index contributed by atoms with van der Waals surface area (Å²) in [7, 11) is 1.79. The van der Waals surface area contributed by atoms with E-state index in [0.29, 0.717) is 26.1 Å². The van der Waals surface area contributed by atoms with Crippen LogP contribution in [-0.2, 0) is 24.5 Å². The minimum atomic E-state index is -0.386. The van der Waals surface area contributed by atoms with Gasteiger partial charge in [-0.25, -0.2) is 0 Å². The summed E-state index contributed by atoms with van der Waals surface area (Å²) in [4.78, 5) is 28.8. The zero-order valence-corrected chi connectivity index (χ0v) is 19.4. The Hall–Kier alpha value is -4.20. The van der Waals surface area contributed by atoms with Crippen molar-refractivity contribution >= 4 is 17.5 Å². The molecule has 3 aromatic carbocycles. The highest BCUT2D eigenvalue weighted by molar-refractivity contribution is 6.00. The first-order valence-electron chi connectivity index (χ1n) is 11.5. The van der Waals surface area contributed by atoms with Crippen molar-refractivity contribution in [2.24, 2.45) is 0 Å². The largest absolute Gasteiger partial charge is 0.508 e. The number of phenols is 2. The molecule has 180 valence electrons. The van der Waals surface area contributed by atoms with Crippen LogP contribution in [0.25, 0.3) is 0 Å². The van der Waals surface area contributed by atoms with Crippen LogP contribution in [0.15, 0.2) is 60.7 Å². The molecule has 8 nitrogen and oxygen atoms in total. The van der Waals surface area contributed by atoms with Crippen molar-refractivity contribution in [2.45, 2.75) is 32.2 Å². The van der Waals surface area contributed by atoms with Crippen LogP contribution in [0.3, 0.4) is 0 Å². The maximum Gasteiger partial charge on any atom is 0.262 e. The molecule has 0 aromatic heterocycles. The van der Waals surface area contributed by atoms with Gasteiger partial charge in [-0.15, -0.1) is 0 Å². The van der Waals surface area contributed by atoms with Gasteiger partial charge in [-0.1, -0.05) is 42.5 Å². The highest BCUT2D eigenvalue weighted by atomic mass is 16.5. The molecule has 35 heavy (non-hydrogen) atoms. The molecule has 1 saturated heterocycles. The highest BCUT2D eigenvalue weighted by Gasteiger charge is 2.32. The molecule has 5 rings (SSSR count). The number of hydrogen-bond acceptors (Lipinski definition) is 6. The molecule has 0 bridgehead atoms. The predicted molar refractivity (Wildman–Crippen MR) is 130 cm³/mol. The number of likely N-dealkylation sites (tertiary alicyclic amines) is 1. The number of hydrogen-bond donors (Lipinski definition) is 3. The molecular formula is C27H27N3O5. The number of fused-ring (bicyclic) bond motifs is 1. The van der Waals surface area contributed by atoms with E-state index in [4.69, 9.17) is 4.74 Å². The van der Waals surface area contributed by atoms with Crippen molar-refractivity contribution in [3.05, 3.63) is 82.9 Å². The fraction of sp³-hybridized carbons (Fsp3) is 0.259. The SMILES string of the molecule is CN1C[C@H](Nc2cccc3c2CN(C(=O)c2c(O)cc(O)cc2OCc2ccccc2)C3)CC1=O. The Kier molecular flexibility index (Phi) is 5.94. The second-order valence-corrected chi connectivity index (χ2v) is 9.04. The minimum Gasteiger partial charge on any atom is -0.508 e. The van der Waals surface area contributed by atoms with Crippen molar-refractivity contribution < 1.29 is 24.5 Å². The Labute approximate surface area is 203 Å². The van der Waals surface area contributed by atoms with Crippen LogP contribution < -0.4 is 10.1 Å². The molecule has 0 spiro atoms. The molecule has 2 aliphatic rings. The van der Waals surface area contributed by atoms with Gasteiger partial charge in [-0.3, -0.25) is 9.59 Å². The molecule has 3 aromatic rings. The Morgan fingerprint density at radius 2 is 1.89 bits per heavy atom. The van der Waals surface area contributed by atoms with E-state index in [2.05, 4.69) is 5.32 Å². The van der Waals surface area contributed by atoms with Crippen molar-refractivity contribution in [2.75, 3.05) is 18.9 Å². The standard InChI is InChI=1S/C27H27N3O5/c1-29-14-19(10-25(29)33)28-22-9-5-8-18-13-30(15-21(18)22)27(34)26-23(32)11-20(31)12-24(26)35-16-17-6-3-2-4-7-17/h2-9,11-12,19,28,31-32H,10,13-16H2,1H3/t19-/m1/s1. The summed E-state index contributed by atoms with van der Waals surface area (Å²) >= 11 is 0. The second kappa shape index (κ2) is 9.21. The molecule has 2 aliphatic heterocycles. The third kappa shape index (κ3) is 4.59. The zero-order chi connectivity index (χ0) is 24.5. The number of carbonyl (C=O) groups excluding carboxylic acids is 2. The normalized spacial score (nSPS) is 16.9. The number of anilines is 1. The Morgan fingerprint density at radius 1 is 1.09 bits per heavy atom. The van der Waals surface area contributed by atoms with E-state index < -0.39 is 0 Å². The fourth-order valence-electron chi connectivity index (χ4n) is 4.69. The number of rotatable bonds is 6. The van der Waals surface area contributed by atoms with Gasteiger partial charge in [-0.2, -0.15) is 0 Å². The van der Waals surface area contributed by atoms with Gasteiger partial charge in [0, 0.05) is 50.9 Å². The molecule has 2 amide bonds. The highest BCUT2D eigenvalue weighted by Crippen LogP contribution is 2.37. The molecule has 0 aliphatic carbocycles. The minimum absolute atomic E-state index is 0.0166. The summed E-state index contributed by atoms with van der Waals surface area (Å²) < 4.78 is 5.86. The van der Waals surface area contributed by atoms with Crippen LogP contribution in [0.2, 0.25) is 0 Å². The maximum absolute atomic E-state index is 13.6. The van der Waals surface area contributed by atoms with Crippen molar-refractivity contribution in [3.63, 3.8) is 0 Å². The monoisotopic (exact) mass is 473 g/mol. The average Bonchev–Trinajstić information content (AvgIpc) is 3.41. The van der Waals surface area contributed by atoms with Crippen LogP contribution in [0.4, 0.5) is 5.69 Å². The van der Waals surface area contributed by atoms with Gasteiger partial charge in [0.05, 0.1) is 6.04 Å². The van der Waals surface area contributed by atoms with Crippen LogP contribution in [-0.4, -0.2) is 51.5 Å². The first-order chi connectivity index (χ1) is 16.9. The van der Waals surface area contributed by atoms with Gasteiger partial charge in [0.1, 0.15) is 29.4 Å². The molecule has 1 fully saturated rings. The van der Waals surface area contributed by atoms with Crippen molar-refractivity contribution in [1.29, 1.82) is 0 Å². The smallest absolute Gasteiger partial charge is 0.262 e. The number of likely N-dealkylation sites (N-methyl/N-ethyl adjacent to an activating group) is 1. The predicted octanol–water partition coefficient (Wildman–Crippen LogP) is 3.48. The summed E-state index contributed by atoms with van der Waals surface area (Å²) in [6.45, 7) is 1.55. The fourth-order valence-corrected chi connectivity index (χ4v) is 4.69. The van der Waals surface area contributed by atoms with Crippen LogP contribution in [0, 0.1) is 0 Å². The van der Waals surface area contributed by atoms with Crippen LogP contribution in [0.5, 0.6) is 17.2 Å². The molecule has 2 heterocycles. The van der Waals surface area contributed by atoms with E-state index in [9.17, 15) is 19.8 Å². The van der Waals surface area contributed by atoms with E-state index in [1.54, 1.807) is 16.8 Å². The second-order valence-electron chi connectivity index (χ2n) is 9.04. The Balaban J connectivity index is 1.36. The lowest BCUT2D eigenvalue weighted by molar-refractivity contribution is -0.126. The molecule has 0 saturated carbocycles. The van der Waals surface area contributed by atoms with Crippen molar-refractivity contribution in [1.82, 2.24) is 9.80 Å². The average molecular weight is 474 g/mol. The quantitative estimate of drug-likeness (QED) is 0.507. The Bertz CT molecular complexity index is 1280. The summed E-state index contributed by atoms with van der Waals surface area (Å²) in [6, 6.07) is 17.8. The van der Waals surface area contributed by atoms with Gasteiger partial charge < -0.3 is 30.1 Å². The van der Waals surface area contributed by atoms with Gasteiger partial charge >= 0.3 is 0 Å². The summed E-state index contributed by atoms with van der Waals surface area (Å²) in [5.41, 5.74) is 3.82. The number of aromatic hydroxyl groups is 2. The first-order valence-corrected chi connectivity index (χ1v) is 11.5. The number of carbonyl (C=O) groups is 2. The lowest BCUT2D eigenvalue weighted by Crippen LogP contribution is -2.26. The van der Waals surface area contributed by atoms with Gasteiger partial charge in [0.25, 0.3) is 5.91 Å². The molecular weight excluding hydrogens is 446 g/mol. The molecule has 0 radical (unpaired) electrons. The lowest BCUT2D eigenvalue weighted by atomic mass is 10.1. The number of benzene rings is 3. The van der Waals surface area contributed by atoms with Gasteiger partial charge in [0.2, 0.25) is 5.91 Å². The summed E-state index contributed by atoms with van der Waals surface area (Å²) in [5.74, 6) is -0.673. The van der Waals surface area contributed by atoms with E-state index in [-0.39, 0.29) is 47.3 Å². The molecule has 3 N–H and O–H groups in total. The number of phenolic OH excluding ortho intramolecular Hbond substituents is 2. The van der Waals surface area contributed by atoms with Crippen molar-refractivity contribution in [3.8, 4) is 17.2 Å². The third-order valence-corrected chi connectivity index (χ3v) is 6.49. The number of ether oxygens (including phenoxy) is 1. The molecule has 1 atom stereocenters. The first kappa shape index (κ1) is 22.6. The van der Waals surface area contributed by atoms with Gasteiger partial charge in [0.15, 0.2) is 0 Å². The molecule has 8 heteroatoms. The number of amides is 2. The van der Waals surface area contributed by atoms with E-state index >= 15 is 0 Å². The molecule has 0 unspecified atom stereocenters. The zero-order valence-electron chi connectivity index (χ0n) is 19.4. The van der Waals surface area contributed by atoms with Crippen LogP contribution in [0.1, 0.15) is 33.5 Å². The lowest BCUT2D eigenvalue weighted by Gasteiger charge is -2.20. The number of nitrogens with zero attached hydrogens (tertiary/aromatic N) is 2. The van der Waals surface area contributed by atoms with Gasteiger partial charge in [-0.05, 0) is 22.8 Å². The maximum atomic E-state index is 13.6. The summed E-state index contributed by atoms with van der Waals surface area (Å²) in [6.07, 6.45) is 0.437. The van der Waals surface area contributed by atoms with E-state index in [1.165, 1.54) is 6.07 Å². The Morgan fingerprint density at radius 3 is 2.63 bits per heavy atom. The topological polar surface area (TPSA) is 102 Å². The van der Waals surface area contributed by atoms with Crippen LogP contribution >= 0.6 is 0 Å². The summed E-state index contributed by atoms with van der Waals surface area (Å²) in [5, 5.41) is 24.1. The third-order valence-electron chi connectivity index (χ3n) is 6.49.